The first-order valence-corrected chi connectivity index (χ1v) is 7.15. The minimum Gasteiger partial charge on any atom is -0.480 e. The summed E-state index contributed by atoms with van der Waals surface area (Å²) in [6.07, 6.45) is 0.756. The largest absolute Gasteiger partial charge is 0.480 e. The Kier molecular flexibility index (Phi) is 6.29. The maximum atomic E-state index is 11.9. The smallest absolute Gasteiger partial charge is 0.320 e. The second kappa shape index (κ2) is 7.51. The van der Waals surface area contributed by atoms with Gasteiger partial charge in [0.1, 0.15) is 12.6 Å². The third-order valence-corrected chi connectivity index (χ3v) is 3.73. The predicted octanol–water partition coefficient (Wildman–Crippen LogP) is -0.470. The molecule has 7 heteroatoms. The number of carbonyl (C=O) groups excluding carboxylic acids is 2. The molecule has 1 saturated heterocycles. The van der Waals surface area contributed by atoms with E-state index in [9.17, 15) is 14.4 Å². The fraction of sp³-hybridized carbons (Fsp3) is 0.786. The van der Waals surface area contributed by atoms with E-state index in [1.54, 1.807) is 0 Å². The number of ketones is 1. The molecule has 1 heterocycles. The number of Topliss-reactive ketones (excluding diaryl/α,β-unsaturated/α-hetero) is 1. The van der Waals surface area contributed by atoms with E-state index in [1.165, 1.54) is 6.92 Å². The van der Waals surface area contributed by atoms with Crippen LogP contribution in [0.5, 0.6) is 0 Å². The van der Waals surface area contributed by atoms with Crippen molar-refractivity contribution in [2.45, 2.75) is 51.7 Å². The van der Waals surface area contributed by atoms with E-state index >= 15 is 0 Å². The molecule has 4 N–H and O–H groups in total. The number of carboxylic acid groups (broad SMARTS) is 1. The molecule has 1 aliphatic rings. The van der Waals surface area contributed by atoms with Crippen LogP contribution >= 0.6 is 0 Å². The fourth-order valence-corrected chi connectivity index (χ4v) is 2.90. The summed E-state index contributed by atoms with van der Waals surface area (Å²) in [7, 11) is 0. The molecule has 120 valence electrons. The van der Waals surface area contributed by atoms with Crippen molar-refractivity contribution >= 4 is 17.7 Å². The van der Waals surface area contributed by atoms with Gasteiger partial charge in [-0.1, -0.05) is 13.8 Å². The highest BCUT2D eigenvalue weighted by Gasteiger charge is 2.44. The topological polar surface area (TPSA) is 116 Å². The van der Waals surface area contributed by atoms with Gasteiger partial charge in [-0.15, -0.1) is 0 Å². The molecule has 0 aliphatic carbocycles. The molecule has 21 heavy (non-hydrogen) atoms. The quantitative estimate of drug-likeness (QED) is 0.505. The van der Waals surface area contributed by atoms with Crippen LogP contribution in [0.25, 0.3) is 0 Å². The van der Waals surface area contributed by atoms with Crippen LogP contribution in [0.3, 0.4) is 0 Å². The normalized spacial score (nSPS) is 26.6. The average Bonchev–Trinajstić information content (AvgIpc) is 2.81. The molecule has 0 unspecified atom stereocenters. The van der Waals surface area contributed by atoms with Gasteiger partial charge in [-0.3, -0.25) is 19.7 Å². The molecule has 0 bridgehead atoms. The number of amides is 1. The molecule has 0 aromatic rings. The molecule has 1 fully saturated rings. The van der Waals surface area contributed by atoms with Crippen LogP contribution < -0.4 is 10.6 Å². The monoisotopic (exact) mass is 300 g/mol. The maximum absolute atomic E-state index is 11.9. The molecule has 7 nitrogen and oxygen atoms in total. The van der Waals surface area contributed by atoms with Crippen molar-refractivity contribution < 1.29 is 24.6 Å². The zero-order valence-corrected chi connectivity index (χ0v) is 12.6. The van der Waals surface area contributed by atoms with E-state index in [0.29, 0.717) is 6.42 Å². The number of nitrogens with one attached hydrogen (secondary N) is 2. The molecule has 1 aliphatic heterocycles. The molecule has 0 radical (unpaired) electrons. The summed E-state index contributed by atoms with van der Waals surface area (Å²) < 4.78 is 0. The van der Waals surface area contributed by atoms with E-state index in [0.717, 1.165) is 0 Å². The summed E-state index contributed by atoms with van der Waals surface area (Å²) in [5.41, 5.74) is 0. The molecule has 0 spiro atoms. The van der Waals surface area contributed by atoms with Crippen LogP contribution in [0, 0.1) is 11.8 Å². The summed E-state index contributed by atoms with van der Waals surface area (Å²) >= 11 is 0. The Morgan fingerprint density at radius 2 is 1.95 bits per heavy atom. The number of carboxylic acids is 1. The van der Waals surface area contributed by atoms with Crippen LogP contribution in [0.15, 0.2) is 0 Å². The van der Waals surface area contributed by atoms with Crippen molar-refractivity contribution in [3.05, 3.63) is 0 Å². The highest BCUT2D eigenvalue weighted by molar-refractivity contribution is 5.85. The van der Waals surface area contributed by atoms with Crippen molar-refractivity contribution in [3.63, 3.8) is 0 Å². The van der Waals surface area contributed by atoms with E-state index in [2.05, 4.69) is 10.6 Å². The lowest BCUT2D eigenvalue weighted by Crippen LogP contribution is -2.53. The van der Waals surface area contributed by atoms with Gasteiger partial charge >= 0.3 is 5.97 Å². The number of hydrogen-bond acceptors (Lipinski definition) is 5. The number of carbonyl (C=O) groups is 3. The fourth-order valence-electron chi connectivity index (χ4n) is 2.90. The second-order valence-electron chi connectivity index (χ2n) is 5.99. The van der Waals surface area contributed by atoms with Gasteiger partial charge in [-0.05, 0) is 18.8 Å². The van der Waals surface area contributed by atoms with Crippen molar-refractivity contribution in [1.29, 1.82) is 0 Å². The van der Waals surface area contributed by atoms with Gasteiger partial charge in [-0.25, -0.2) is 0 Å². The zero-order chi connectivity index (χ0) is 16.2. The van der Waals surface area contributed by atoms with Gasteiger partial charge in [0.2, 0.25) is 5.91 Å². The van der Waals surface area contributed by atoms with Crippen molar-refractivity contribution in [2.24, 2.45) is 11.8 Å². The van der Waals surface area contributed by atoms with Crippen molar-refractivity contribution in [3.8, 4) is 0 Å². The van der Waals surface area contributed by atoms with E-state index < -0.39 is 36.4 Å². The van der Waals surface area contributed by atoms with Gasteiger partial charge < -0.3 is 15.5 Å². The molecule has 1 amide bonds. The first kappa shape index (κ1) is 17.6. The Hall–Kier alpha value is -1.47. The number of aliphatic hydroxyl groups excluding tert-OH is 1. The maximum Gasteiger partial charge on any atom is 0.320 e. The van der Waals surface area contributed by atoms with Gasteiger partial charge in [0.15, 0.2) is 5.78 Å². The first-order chi connectivity index (χ1) is 9.76. The molecule has 0 saturated carbocycles. The lowest BCUT2D eigenvalue weighted by atomic mass is 9.86. The van der Waals surface area contributed by atoms with Crippen LogP contribution in [0.1, 0.15) is 33.6 Å². The Bertz CT molecular complexity index is 410. The number of aliphatic carboxylic acids is 1. The van der Waals surface area contributed by atoms with Gasteiger partial charge in [0, 0.05) is 24.9 Å². The highest BCUT2D eigenvalue weighted by atomic mass is 16.4. The molecular weight excluding hydrogens is 276 g/mol. The Labute approximate surface area is 124 Å². The summed E-state index contributed by atoms with van der Waals surface area (Å²) in [6, 6.07) is -1.65. The Morgan fingerprint density at radius 3 is 2.38 bits per heavy atom. The van der Waals surface area contributed by atoms with E-state index in [4.69, 9.17) is 10.2 Å². The lowest BCUT2D eigenvalue weighted by molar-refractivity contribution is -0.139. The first-order valence-electron chi connectivity index (χ1n) is 7.15. The number of hydrogen-bond donors (Lipinski definition) is 4. The van der Waals surface area contributed by atoms with E-state index in [1.807, 2.05) is 13.8 Å². The van der Waals surface area contributed by atoms with Gasteiger partial charge in [0.25, 0.3) is 0 Å². The van der Waals surface area contributed by atoms with Gasteiger partial charge in [0.05, 0.1) is 0 Å². The Morgan fingerprint density at radius 1 is 1.33 bits per heavy atom. The van der Waals surface area contributed by atoms with Crippen LogP contribution in [-0.2, 0) is 14.4 Å². The average molecular weight is 300 g/mol. The van der Waals surface area contributed by atoms with Crippen LogP contribution in [-0.4, -0.2) is 52.6 Å². The van der Waals surface area contributed by atoms with Crippen molar-refractivity contribution in [2.75, 3.05) is 6.61 Å². The third-order valence-electron chi connectivity index (χ3n) is 3.73. The standard InChI is InChI=1S/C14H24N2O5/c1-7(2)4-10(15-8(3)18)13-9(12(19)6-17)5-11(16-13)14(20)21/h7,9-11,13,16-17H,4-6H2,1-3H3,(H,15,18)(H,20,21)/t9-,10-,11+,13+/m0/s1. The number of rotatable bonds is 7. The summed E-state index contributed by atoms with van der Waals surface area (Å²) in [4.78, 5) is 34.4. The van der Waals surface area contributed by atoms with E-state index in [-0.39, 0.29) is 24.3 Å². The van der Waals surface area contributed by atoms with Crippen LogP contribution in [0.2, 0.25) is 0 Å². The molecule has 0 aromatic heterocycles. The minimum absolute atomic E-state index is 0.133. The summed E-state index contributed by atoms with van der Waals surface area (Å²) in [5, 5.41) is 23.9. The SMILES string of the molecule is CC(=O)N[C@@H](CC(C)C)[C@@H]1N[C@@H](C(=O)O)C[C@H]1C(=O)CO. The minimum atomic E-state index is -1.03. The Balaban J connectivity index is 2.96. The molecule has 1 rings (SSSR count). The zero-order valence-electron chi connectivity index (χ0n) is 12.6. The number of aliphatic hydroxyl groups is 1. The highest BCUT2D eigenvalue weighted by Crippen LogP contribution is 2.26. The lowest BCUT2D eigenvalue weighted by Gasteiger charge is -2.29. The molecule has 0 aromatic carbocycles. The summed E-state index contributed by atoms with van der Waals surface area (Å²) in [6.45, 7) is 4.74. The third kappa shape index (κ3) is 4.78. The summed E-state index contributed by atoms with van der Waals surface area (Å²) in [5.74, 6) is -1.98. The predicted molar refractivity (Wildman–Crippen MR) is 75.6 cm³/mol. The van der Waals surface area contributed by atoms with Crippen molar-refractivity contribution in [1.82, 2.24) is 10.6 Å². The van der Waals surface area contributed by atoms with Gasteiger partial charge in [-0.2, -0.15) is 0 Å². The molecule has 4 atom stereocenters. The molecular formula is C14H24N2O5. The van der Waals surface area contributed by atoms with Crippen LogP contribution in [0.4, 0.5) is 0 Å². The second-order valence-corrected chi connectivity index (χ2v) is 5.99.